The molecule has 0 saturated carbocycles. The molecule has 0 aliphatic rings. The van der Waals surface area contributed by atoms with Crippen molar-refractivity contribution in [3.05, 3.63) is 87.4 Å². The summed E-state index contributed by atoms with van der Waals surface area (Å²) in [6.45, 7) is 4.16. The molecule has 3 aromatic rings. The van der Waals surface area contributed by atoms with E-state index >= 15 is 0 Å². The molecule has 3 rings (SSSR count). The Hall–Kier alpha value is -2.21. The molecule has 0 spiro atoms. The second kappa shape index (κ2) is 12.6. The van der Waals surface area contributed by atoms with Crippen molar-refractivity contribution in [2.24, 2.45) is 0 Å². The molecule has 0 amide bonds. The van der Waals surface area contributed by atoms with Crippen LogP contribution in [0.3, 0.4) is 0 Å². The average Bonchev–Trinajstić information content (AvgIpc) is 2.77. The van der Waals surface area contributed by atoms with Crippen molar-refractivity contribution in [3.8, 4) is 17.2 Å². The van der Waals surface area contributed by atoms with E-state index in [1.165, 1.54) is 11.1 Å². The fourth-order valence-corrected chi connectivity index (χ4v) is 3.82. The van der Waals surface area contributed by atoms with Gasteiger partial charge in [-0.1, -0.05) is 48.0 Å². The molecule has 0 radical (unpaired) electrons. The largest absolute Gasteiger partial charge is 0.496 e. The van der Waals surface area contributed by atoms with Gasteiger partial charge in [0, 0.05) is 6.54 Å². The Morgan fingerprint density at radius 3 is 2.29 bits per heavy atom. The van der Waals surface area contributed by atoms with Gasteiger partial charge in [0.15, 0.2) is 11.5 Å². The first-order valence-corrected chi connectivity index (χ1v) is 10.8. The summed E-state index contributed by atoms with van der Waals surface area (Å²) in [5, 5.41) is 3.49. The molecule has 1 N–H and O–H groups in total. The van der Waals surface area contributed by atoms with Crippen LogP contribution in [0, 0.1) is 6.92 Å². The van der Waals surface area contributed by atoms with E-state index in [-0.39, 0.29) is 12.4 Å². The van der Waals surface area contributed by atoms with Gasteiger partial charge in [-0.15, -0.1) is 12.4 Å². The predicted octanol–water partition coefficient (Wildman–Crippen LogP) is 6.11. The molecule has 0 heterocycles. The number of para-hydroxylation sites is 1. The Morgan fingerprint density at radius 2 is 1.58 bits per heavy atom. The predicted molar refractivity (Wildman–Crippen MR) is 132 cm³/mol. The fourth-order valence-electron chi connectivity index (χ4n) is 3.22. The summed E-state index contributed by atoms with van der Waals surface area (Å²) in [7, 11) is 3.37. The van der Waals surface area contributed by atoms with Crippen LogP contribution in [0.15, 0.2) is 65.1 Å². The molecule has 0 aliphatic carbocycles. The van der Waals surface area contributed by atoms with Crippen LogP contribution in [-0.2, 0) is 19.6 Å². The van der Waals surface area contributed by atoms with E-state index in [9.17, 15) is 0 Å². The van der Waals surface area contributed by atoms with Gasteiger partial charge in [0.2, 0.25) is 0 Å². The fraction of sp³-hybridized carbons (Fsp3) is 0.280. The van der Waals surface area contributed by atoms with Crippen LogP contribution in [0.25, 0.3) is 0 Å². The number of aryl methyl sites for hydroxylation is 1. The highest BCUT2D eigenvalue weighted by atomic mass is 79.9. The number of benzene rings is 3. The molecule has 4 nitrogen and oxygen atoms in total. The topological polar surface area (TPSA) is 39.7 Å². The molecule has 166 valence electrons. The van der Waals surface area contributed by atoms with Gasteiger partial charge in [0.25, 0.3) is 0 Å². The van der Waals surface area contributed by atoms with E-state index in [4.69, 9.17) is 14.2 Å². The highest BCUT2D eigenvalue weighted by molar-refractivity contribution is 9.10. The van der Waals surface area contributed by atoms with Gasteiger partial charge in [-0.25, -0.2) is 0 Å². The number of hydrogen-bond acceptors (Lipinski definition) is 4. The number of rotatable bonds is 10. The zero-order valence-electron chi connectivity index (χ0n) is 18.1. The van der Waals surface area contributed by atoms with Gasteiger partial charge < -0.3 is 19.5 Å². The number of methoxy groups -OCH3 is 2. The Bertz CT molecular complexity index is 963. The summed E-state index contributed by atoms with van der Waals surface area (Å²) in [6, 6.07) is 20.5. The van der Waals surface area contributed by atoms with Crippen LogP contribution in [0.1, 0.15) is 22.3 Å². The van der Waals surface area contributed by atoms with Crippen LogP contribution in [0.4, 0.5) is 0 Å². The highest BCUT2D eigenvalue weighted by Gasteiger charge is 2.12. The third-order valence-corrected chi connectivity index (χ3v) is 5.47. The number of hydrogen-bond donors (Lipinski definition) is 1. The van der Waals surface area contributed by atoms with Gasteiger partial charge in [-0.3, -0.25) is 0 Å². The van der Waals surface area contributed by atoms with E-state index in [1.807, 2.05) is 24.3 Å². The number of halogens is 2. The van der Waals surface area contributed by atoms with E-state index in [0.717, 1.165) is 52.4 Å². The molecular weight excluding hydrogens is 478 g/mol. The van der Waals surface area contributed by atoms with Crippen molar-refractivity contribution < 1.29 is 14.2 Å². The van der Waals surface area contributed by atoms with Crippen molar-refractivity contribution in [1.82, 2.24) is 5.32 Å². The molecule has 3 aromatic carbocycles. The molecule has 0 bridgehead atoms. The summed E-state index contributed by atoms with van der Waals surface area (Å²) >= 11 is 3.64. The van der Waals surface area contributed by atoms with Crippen LogP contribution in [0.2, 0.25) is 0 Å². The molecule has 31 heavy (non-hydrogen) atoms. The van der Waals surface area contributed by atoms with E-state index < -0.39 is 0 Å². The first-order valence-electron chi connectivity index (χ1n) is 9.98. The lowest BCUT2D eigenvalue weighted by molar-refractivity contribution is 0.282. The molecule has 0 aromatic heterocycles. The lowest BCUT2D eigenvalue weighted by atomic mass is 10.1. The van der Waals surface area contributed by atoms with Crippen LogP contribution < -0.4 is 19.5 Å². The third kappa shape index (κ3) is 7.17. The summed E-state index contributed by atoms with van der Waals surface area (Å²) in [5.41, 5.74) is 4.68. The quantitative estimate of drug-likeness (QED) is 0.337. The molecule has 0 unspecified atom stereocenters. The van der Waals surface area contributed by atoms with E-state index in [0.29, 0.717) is 6.61 Å². The van der Waals surface area contributed by atoms with Crippen molar-refractivity contribution in [3.63, 3.8) is 0 Å². The SMILES string of the molecule is COc1ccccc1CCNCc1cc(Br)c(OCc2ccc(C)cc2)c(OC)c1.Cl. The van der Waals surface area contributed by atoms with Gasteiger partial charge in [0.1, 0.15) is 12.4 Å². The van der Waals surface area contributed by atoms with Gasteiger partial charge in [-0.05, 0) is 70.7 Å². The van der Waals surface area contributed by atoms with Crippen LogP contribution >= 0.6 is 28.3 Å². The molecule has 0 atom stereocenters. The summed E-state index contributed by atoms with van der Waals surface area (Å²) in [6.07, 6.45) is 0.903. The minimum Gasteiger partial charge on any atom is -0.496 e. The molecule has 0 aliphatic heterocycles. The van der Waals surface area contributed by atoms with Gasteiger partial charge >= 0.3 is 0 Å². The van der Waals surface area contributed by atoms with Crippen molar-refractivity contribution in [2.45, 2.75) is 26.5 Å². The summed E-state index contributed by atoms with van der Waals surface area (Å²) < 4.78 is 17.9. The minimum atomic E-state index is 0. The summed E-state index contributed by atoms with van der Waals surface area (Å²) in [5.74, 6) is 2.37. The Morgan fingerprint density at radius 1 is 0.871 bits per heavy atom. The van der Waals surface area contributed by atoms with Crippen LogP contribution in [0.5, 0.6) is 17.2 Å². The lowest BCUT2D eigenvalue weighted by Gasteiger charge is -2.15. The molecule has 0 fully saturated rings. The molecule has 0 saturated heterocycles. The average molecular weight is 507 g/mol. The smallest absolute Gasteiger partial charge is 0.175 e. The lowest BCUT2D eigenvalue weighted by Crippen LogP contribution is -2.17. The second-order valence-corrected chi connectivity index (χ2v) is 7.98. The number of nitrogens with one attached hydrogen (secondary N) is 1. The number of ether oxygens (including phenoxy) is 3. The van der Waals surface area contributed by atoms with Gasteiger partial charge in [-0.2, -0.15) is 0 Å². The normalized spacial score (nSPS) is 10.3. The zero-order valence-corrected chi connectivity index (χ0v) is 20.5. The monoisotopic (exact) mass is 505 g/mol. The maximum Gasteiger partial charge on any atom is 0.175 e. The zero-order chi connectivity index (χ0) is 21.3. The Labute approximate surface area is 199 Å². The Kier molecular flexibility index (Phi) is 10.2. The molecular formula is C25H29BrClNO3. The Balaban J connectivity index is 0.00000341. The third-order valence-electron chi connectivity index (χ3n) is 4.89. The second-order valence-electron chi connectivity index (χ2n) is 7.12. The van der Waals surface area contributed by atoms with Crippen molar-refractivity contribution in [1.29, 1.82) is 0 Å². The molecule has 6 heteroatoms. The van der Waals surface area contributed by atoms with E-state index in [1.54, 1.807) is 14.2 Å². The standard InChI is InChI=1S/C25H28BrNO3.ClH/c1-18-8-10-19(11-9-18)17-30-25-22(26)14-20(15-24(25)29-3)16-27-13-12-21-6-4-5-7-23(21)28-2;/h4-11,14-15,27H,12-13,16-17H2,1-3H3;1H. The highest BCUT2D eigenvalue weighted by Crippen LogP contribution is 2.37. The first kappa shape index (κ1) is 25.1. The van der Waals surface area contributed by atoms with E-state index in [2.05, 4.69) is 64.6 Å². The first-order chi connectivity index (χ1) is 14.6. The summed E-state index contributed by atoms with van der Waals surface area (Å²) in [4.78, 5) is 0. The maximum absolute atomic E-state index is 6.04. The minimum absolute atomic E-state index is 0. The van der Waals surface area contributed by atoms with Crippen molar-refractivity contribution in [2.75, 3.05) is 20.8 Å². The van der Waals surface area contributed by atoms with Crippen molar-refractivity contribution >= 4 is 28.3 Å². The van der Waals surface area contributed by atoms with Gasteiger partial charge in [0.05, 0.1) is 18.7 Å². The van der Waals surface area contributed by atoms with Crippen LogP contribution in [-0.4, -0.2) is 20.8 Å². The maximum atomic E-state index is 6.04.